The zero-order valence-electron chi connectivity index (χ0n) is 18.7. The third-order valence-corrected chi connectivity index (χ3v) is 4.75. The van der Waals surface area contributed by atoms with E-state index in [-0.39, 0.29) is 47.7 Å². The number of hydrogen-bond acceptors (Lipinski definition) is 3. The molecule has 170 valence electrons. The van der Waals surface area contributed by atoms with Crippen molar-refractivity contribution >= 4 is 35.8 Å². The number of carbonyl (C=O) groups is 1. The molecule has 2 aromatic rings. The largest absolute Gasteiger partial charge is 0.484 e. The minimum atomic E-state index is -0.271. The molecule has 0 radical (unpaired) electrons. The van der Waals surface area contributed by atoms with Gasteiger partial charge in [-0.2, -0.15) is 0 Å². The minimum absolute atomic E-state index is 0. The summed E-state index contributed by atoms with van der Waals surface area (Å²) in [6.45, 7) is 5.24. The second-order valence-corrected chi connectivity index (χ2v) is 7.90. The number of benzene rings is 2. The summed E-state index contributed by atoms with van der Waals surface area (Å²) in [5, 5.41) is 6.57. The maximum Gasteiger partial charge on any atom is 0.259 e. The lowest BCUT2D eigenvalue weighted by atomic mass is 9.84. The van der Waals surface area contributed by atoms with E-state index in [0.717, 1.165) is 11.1 Å². The van der Waals surface area contributed by atoms with Crippen LogP contribution in [0.5, 0.6) is 5.75 Å². The molecule has 31 heavy (non-hydrogen) atoms. The molecule has 0 aliphatic carbocycles. The van der Waals surface area contributed by atoms with Crippen LogP contribution in [-0.2, 0) is 16.8 Å². The fraction of sp³-hybridized carbons (Fsp3) is 0.391. The normalized spacial score (nSPS) is 11.4. The standard InChI is InChI=1S/C23H31FN4O2.HI/c1-23(2,18-9-7-10-19(24)13-18)16-27-22(25-3)26-14-17-8-6-11-20(12-17)30-15-21(29)28(4)5;/h6-13H,14-16H2,1-5H3,(H2,25,26,27);1H. The van der Waals surface area contributed by atoms with Gasteiger partial charge in [-0.15, -0.1) is 24.0 Å². The number of hydrogen-bond donors (Lipinski definition) is 2. The molecule has 1 amide bonds. The number of halogens is 2. The van der Waals surface area contributed by atoms with Crippen LogP contribution < -0.4 is 15.4 Å². The molecule has 0 atom stereocenters. The Morgan fingerprint density at radius 3 is 2.48 bits per heavy atom. The smallest absolute Gasteiger partial charge is 0.259 e. The van der Waals surface area contributed by atoms with Crippen LogP contribution in [0, 0.1) is 5.82 Å². The van der Waals surface area contributed by atoms with Crippen LogP contribution in [-0.4, -0.2) is 51.1 Å². The molecule has 0 spiro atoms. The van der Waals surface area contributed by atoms with Crippen LogP contribution in [0.1, 0.15) is 25.0 Å². The first-order valence-corrected chi connectivity index (χ1v) is 9.84. The van der Waals surface area contributed by atoms with Crippen molar-refractivity contribution < 1.29 is 13.9 Å². The van der Waals surface area contributed by atoms with Crippen molar-refractivity contribution in [3.05, 3.63) is 65.5 Å². The van der Waals surface area contributed by atoms with E-state index in [2.05, 4.69) is 29.5 Å². The minimum Gasteiger partial charge on any atom is -0.484 e. The van der Waals surface area contributed by atoms with E-state index in [1.165, 1.54) is 11.0 Å². The Bertz CT molecular complexity index is 887. The molecule has 8 heteroatoms. The van der Waals surface area contributed by atoms with E-state index in [9.17, 15) is 9.18 Å². The van der Waals surface area contributed by atoms with Crippen molar-refractivity contribution in [2.45, 2.75) is 25.8 Å². The highest BCUT2D eigenvalue weighted by molar-refractivity contribution is 14.0. The van der Waals surface area contributed by atoms with Crippen LogP contribution >= 0.6 is 24.0 Å². The molecule has 0 saturated carbocycles. The first-order chi connectivity index (χ1) is 14.2. The van der Waals surface area contributed by atoms with E-state index >= 15 is 0 Å². The number of carbonyl (C=O) groups excluding carboxylic acids is 1. The summed E-state index contributed by atoms with van der Waals surface area (Å²) >= 11 is 0. The summed E-state index contributed by atoms with van der Waals surface area (Å²) in [6, 6.07) is 14.2. The molecular weight excluding hydrogens is 510 g/mol. The molecule has 2 rings (SSSR count). The fourth-order valence-corrected chi connectivity index (χ4v) is 2.74. The number of likely N-dealkylation sites (N-methyl/N-ethyl adjacent to an activating group) is 1. The zero-order chi connectivity index (χ0) is 22.1. The second-order valence-electron chi connectivity index (χ2n) is 7.90. The van der Waals surface area contributed by atoms with Gasteiger partial charge in [0.05, 0.1) is 0 Å². The van der Waals surface area contributed by atoms with E-state index in [1.54, 1.807) is 33.3 Å². The van der Waals surface area contributed by atoms with E-state index < -0.39 is 0 Å². The lowest BCUT2D eigenvalue weighted by Gasteiger charge is -2.27. The quantitative estimate of drug-likeness (QED) is 0.304. The van der Waals surface area contributed by atoms with Crippen molar-refractivity contribution in [1.29, 1.82) is 0 Å². The Morgan fingerprint density at radius 2 is 1.84 bits per heavy atom. The lowest BCUT2D eigenvalue weighted by molar-refractivity contribution is -0.130. The van der Waals surface area contributed by atoms with Crippen LogP contribution in [0.25, 0.3) is 0 Å². The van der Waals surface area contributed by atoms with Gasteiger partial charge in [-0.05, 0) is 35.4 Å². The fourth-order valence-electron chi connectivity index (χ4n) is 2.74. The molecule has 0 unspecified atom stereocenters. The van der Waals surface area contributed by atoms with Crippen LogP contribution in [0.3, 0.4) is 0 Å². The number of nitrogens with zero attached hydrogens (tertiary/aromatic N) is 2. The molecular formula is C23H32FIN4O2. The summed E-state index contributed by atoms with van der Waals surface area (Å²) in [7, 11) is 5.09. The Hall–Kier alpha value is -2.36. The first kappa shape index (κ1) is 26.7. The Labute approximate surface area is 201 Å². The summed E-state index contributed by atoms with van der Waals surface area (Å²) in [5.41, 5.74) is 1.65. The molecule has 0 aliphatic heterocycles. The van der Waals surface area contributed by atoms with E-state index in [4.69, 9.17) is 4.74 Å². The molecule has 0 bridgehead atoms. The monoisotopic (exact) mass is 542 g/mol. The summed E-state index contributed by atoms with van der Waals surface area (Å²) in [5.74, 6) is 0.953. The number of amides is 1. The van der Waals surface area contributed by atoms with Crippen LogP contribution in [0.4, 0.5) is 4.39 Å². The predicted octanol–water partition coefficient (Wildman–Crippen LogP) is 3.55. The molecule has 2 N–H and O–H groups in total. The van der Waals surface area contributed by atoms with Crippen molar-refractivity contribution in [1.82, 2.24) is 15.5 Å². The molecule has 6 nitrogen and oxygen atoms in total. The number of aliphatic imine (C=N–C) groups is 1. The first-order valence-electron chi connectivity index (χ1n) is 9.84. The van der Waals surface area contributed by atoms with Crippen LogP contribution in [0.2, 0.25) is 0 Å². The number of ether oxygens (including phenoxy) is 1. The molecule has 0 heterocycles. The number of nitrogens with one attached hydrogen (secondary N) is 2. The lowest BCUT2D eigenvalue weighted by Crippen LogP contribution is -2.43. The van der Waals surface area contributed by atoms with Gasteiger partial charge in [0, 0.05) is 39.6 Å². The van der Waals surface area contributed by atoms with Gasteiger partial charge in [0.15, 0.2) is 12.6 Å². The van der Waals surface area contributed by atoms with Crippen LogP contribution in [0.15, 0.2) is 53.5 Å². The average molecular weight is 542 g/mol. The van der Waals surface area contributed by atoms with Crippen molar-refractivity contribution in [3.63, 3.8) is 0 Å². The molecule has 0 saturated heterocycles. The Kier molecular flexibility index (Phi) is 10.7. The van der Waals surface area contributed by atoms with Gasteiger partial charge in [-0.3, -0.25) is 9.79 Å². The Morgan fingerprint density at radius 1 is 1.13 bits per heavy atom. The number of rotatable bonds is 8. The van der Waals surface area contributed by atoms with Crippen molar-refractivity contribution in [2.75, 3.05) is 34.3 Å². The van der Waals surface area contributed by atoms with E-state index in [1.807, 2.05) is 30.3 Å². The van der Waals surface area contributed by atoms with Gasteiger partial charge in [0.25, 0.3) is 5.91 Å². The number of guanidine groups is 1. The predicted molar refractivity (Wildman–Crippen MR) is 134 cm³/mol. The van der Waals surface area contributed by atoms with Gasteiger partial charge in [0.2, 0.25) is 0 Å². The highest BCUT2D eigenvalue weighted by Crippen LogP contribution is 2.22. The highest BCUT2D eigenvalue weighted by Gasteiger charge is 2.21. The maximum atomic E-state index is 13.6. The zero-order valence-corrected chi connectivity index (χ0v) is 21.1. The average Bonchev–Trinajstić information content (AvgIpc) is 2.72. The summed E-state index contributed by atoms with van der Waals surface area (Å²) in [6.07, 6.45) is 0. The summed E-state index contributed by atoms with van der Waals surface area (Å²) in [4.78, 5) is 17.4. The topological polar surface area (TPSA) is 66.0 Å². The molecule has 0 aliphatic rings. The van der Waals surface area contributed by atoms with Gasteiger partial charge in [-0.1, -0.05) is 38.1 Å². The molecule has 2 aromatic carbocycles. The van der Waals surface area contributed by atoms with Crippen molar-refractivity contribution in [2.24, 2.45) is 4.99 Å². The van der Waals surface area contributed by atoms with Gasteiger partial charge in [-0.25, -0.2) is 4.39 Å². The van der Waals surface area contributed by atoms with Gasteiger partial charge < -0.3 is 20.3 Å². The van der Waals surface area contributed by atoms with Crippen molar-refractivity contribution in [3.8, 4) is 5.75 Å². The van der Waals surface area contributed by atoms with Gasteiger partial charge >= 0.3 is 0 Å². The SMILES string of the molecule is CN=C(NCc1cccc(OCC(=O)N(C)C)c1)NCC(C)(C)c1cccc(F)c1.I. The van der Waals surface area contributed by atoms with Gasteiger partial charge in [0.1, 0.15) is 11.6 Å². The highest BCUT2D eigenvalue weighted by atomic mass is 127. The van der Waals surface area contributed by atoms with E-state index in [0.29, 0.717) is 24.8 Å². The third-order valence-electron chi connectivity index (χ3n) is 4.75. The maximum absolute atomic E-state index is 13.6. The second kappa shape index (κ2) is 12.5. The Balaban J connectivity index is 0.00000480. The molecule has 0 fully saturated rings. The molecule has 0 aromatic heterocycles. The summed E-state index contributed by atoms with van der Waals surface area (Å²) < 4.78 is 19.1. The third kappa shape index (κ3) is 8.72.